The van der Waals surface area contributed by atoms with Crippen LogP contribution in [0.25, 0.3) is 0 Å². The van der Waals surface area contributed by atoms with Crippen molar-refractivity contribution in [1.82, 2.24) is 0 Å². The van der Waals surface area contributed by atoms with Gasteiger partial charge in [0.1, 0.15) is 11.6 Å². The van der Waals surface area contributed by atoms with E-state index in [0.717, 1.165) is 12.1 Å². The molecule has 0 saturated carbocycles. The van der Waals surface area contributed by atoms with Gasteiger partial charge in [-0.25, -0.2) is 8.78 Å². The van der Waals surface area contributed by atoms with E-state index < -0.39 is 28.7 Å². The molecule has 3 nitrogen and oxygen atoms in total. The Morgan fingerprint density at radius 2 is 2.06 bits per heavy atom. The van der Waals surface area contributed by atoms with Gasteiger partial charge in [0.05, 0.1) is 18.1 Å². The van der Waals surface area contributed by atoms with Gasteiger partial charge in [-0.2, -0.15) is 0 Å². The van der Waals surface area contributed by atoms with E-state index in [1.807, 2.05) is 0 Å². The summed E-state index contributed by atoms with van der Waals surface area (Å²) >= 11 is 5.61. The number of benzene rings is 1. The summed E-state index contributed by atoms with van der Waals surface area (Å²) in [6, 6.07) is 0.789. The highest BCUT2D eigenvalue weighted by Crippen LogP contribution is 2.29. The first-order valence-electron chi connectivity index (χ1n) is 5.02. The van der Waals surface area contributed by atoms with Crippen molar-refractivity contribution in [3.05, 3.63) is 34.4 Å². The normalized spacial score (nSPS) is 12.3. The third kappa shape index (κ3) is 3.38. The average molecular weight is 264 g/mol. The summed E-state index contributed by atoms with van der Waals surface area (Å²) in [5.74, 6) is -2.10. The maximum Gasteiger partial charge on any atom is 0.307 e. The fourth-order valence-corrected chi connectivity index (χ4v) is 1.68. The number of rotatable bonds is 4. The van der Waals surface area contributed by atoms with Gasteiger partial charge in [-0.1, -0.05) is 11.6 Å². The molecule has 0 unspecified atom stereocenters. The first kappa shape index (κ1) is 13.9. The monoisotopic (exact) mass is 263 g/mol. The van der Waals surface area contributed by atoms with Crippen LogP contribution in [0.5, 0.6) is 0 Å². The van der Waals surface area contributed by atoms with Gasteiger partial charge in [-0.3, -0.25) is 4.79 Å². The van der Waals surface area contributed by atoms with Crippen LogP contribution in [0.3, 0.4) is 0 Å². The smallest absolute Gasteiger partial charge is 0.307 e. The van der Waals surface area contributed by atoms with Gasteiger partial charge < -0.3 is 10.5 Å². The van der Waals surface area contributed by atoms with Crippen LogP contribution < -0.4 is 5.73 Å². The maximum absolute atomic E-state index is 13.4. The van der Waals surface area contributed by atoms with Crippen molar-refractivity contribution in [3.63, 3.8) is 0 Å². The lowest BCUT2D eigenvalue weighted by Crippen LogP contribution is -2.19. The molecular formula is C11H12ClF2NO2. The molecular weight excluding hydrogens is 252 g/mol. The lowest BCUT2D eigenvalue weighted by atomic mass is 10.0. The van der Waals surface area contributed by atoms with E-state index in [1.165, 1.54) is 0 Å². The van der Waals surface area contributed by atoms with E-state index in [9.17, 15) is 13.6 Å². The number of hydrogen-bond donors (Lipinski definition) is 1. The van der Waals surface area contributed by atoms with Crippen LogP contribution in [0.2, 0.25) is 5.02 Å². The van der Waals surface area contributed by atoms with Crippen molar-refractivity contribution >= 4 is 17.6 Å². The topological polar surface area (TPSA) is 52.3 Å². The second-order valence-corrected chi connectivity index (χ2v) is 3.75. The van der Waals surface area contributed by atoms with Crippen LogP contribution in [0, 0.1) is 11.6 Å². The third-order valence-electron chi connectivity index (χ3n) is 2.14. The highest BCUT2D eigenvalue weighted by atomic mass is 35.5. The van der Waals surface area contributed by atoms with Crippen molar-refractivity contribution in [2.24, 2.45) is 5.73 Å². The summed E-state index contributed by atoms with van der Waals surface area (Å²) in [5, 5.41) is -0.401. The molecule has 0 radical (unpaired) electrons. The Balaban J connectivity index is 2.92. The van der Waals surface area contributed by atoms with Crippen LogP contribution in [0.4, 0.5) is 8.78 Å². The number of carbonyl (C=O) groups excluding carboxylic acids is 1. The summed E-state index contributed by atoms with van der Waals surface area (Å²) in [6.45, 7) is 1.84. The largest absolute Gasteiger partial charge is 0.466 e. The van der Waals surface area contributed by atoms with Gasteiger partial charge in [0.25, 0.3) is 0 Å². The number of halogens is 3. The van der Waals surface area contributed by atoms with Gasteiger partial charge in [-0.15, -0.1) is 0 Å². The quantitative estimate of drug-likeness (QED) is 0.671. The molecule has 0 aromatic heterocycles. The van der Waals surface area contributed by atoms with Crippen LogP contribution in [-0.4, -0.2) is 12.6 Å². The lowest BCUT2D eigenvalue weighted by molar-refractivity contribution is -0.143. The molecule has 0 saturated heterocycles. The molecule has 6 heteroatoms. The zero-order valence-electron chi connectivity index (χ0n) is 9.17. The van der Waals surface area contributed by atoms with E-state index in [1.54, 1.807) is 6.92 Å². The molecule has 0 aliphatic heterocycles. The summed E-state index contributed by atoms with van der Waals surface area (Å²) in [4.78, 5) is 11.2. The maximum atomic E-state index is 13.4. The minimum absolute atomic E-state index is 0.199. The summed E-state index contributed by atoms with van der Waals surface area (Å²) in [6.07, 6.45) is -0.256. The average Bonchev–Trinajstić information content (AvgIpc) is 2.24. The predicted octanol–water partition coefficient (Wildman–Crippen LogP) is 2.57. The van der Waals surface area contributed by atoms with Gasteiger partial charge in [0.15, 0.2) is 0 Å². The molecule has 0 aliphatic rings. The fraction of sp³-hybridized carbons (Fsp3) is 0.364. The Labute approximate surface area is 103 Å². The summed E-state index contributed by atoms with van der Waals surface area (Å²) < 4.78 is 31.2. The van der Waals surface area contributed by atoms with E-state index in [2.05, 4.69) is 4.74 Å². The molecule has 2 N–H and O–H groups in total. The molecule has 1 atom stereocenters. The number of esters is 1. The second kappa shape index (κ2) is 5.93. The second-order valence-electron chi connectivity index (χ2n) is 3.37. The zero-order chi connectivity index (χ0) is 13.0. The Morgan fingerprint density at radius 1 is 1.47 bits per heavy atom. The Morgan fingerprint density at radius 3 is 2.65 bits per heavy atom. The van der Waals surface area contributed by atoms with E-state index >= 15 is 0 Å². The van der Waals surface area contributed by atoms with Crippen LogP contribution >= 0.6 is 11.6 Å². The summed E-state index contributed by atoms with van der Waals surface area (Å²) in [5.41, 5.74) is 5.40. The Hall–Kier alpha value is -1.20. The van der Waals surface area contributed by atoms with Crippen LogP contribution in [-0.2, 0) is 9.53 Å². The molecule has 0 aliphatic carbocycles. The first-order valence-corrected chi connectivity index (χ1v) is 5.39. The van der Waals surface area contributed by atoms with E-state index in [0.29, 0.717) is 0 Å². The first-order chi connectivity index (χ1) is 7.97. The molecule has 94 valence electrons. The number of carbonyl (C=O) groups is 1. The van der Waals surface area contributed by atoms with Crippen molar-refractivity contribution < 1.29 is 18.3 Å². The molecule has 1 aromatic rings. The zero-order valence-corrected chi connectivity index (χ0v) is 9.93. The molecule has 17 heavy (non-hydrogen) atoms. The van der Waals surface area contributed by atoms with E-state index in [-0.39, 0.29) is 18.6 Å². The number of nitrogens with two attached hydrogens (primary N) is 1. The van der Waals surface area contributed by atoms with Crippen molar-refractivity contribution in [1.29, 1.82) is 0 Å². The molecule has 0 spiro atoms. The summed E-state index contributed by atoms with van der Waals surface area (Å²) in [7, 11) is 0. The van der Waals surface area contributed by atoms with E-state index in [4.69, 9.17) is 17.3 Å². The molecule has 0 amide bonds. The molecule has 0 heterocycles. The van der Waals surface area contributed by atoms with Crippen molar-refractivity contribution in [2.75, 3.05) is 6.61 Å². The predicted molar refractivity (Wildman–Crippen MR) is 59.5 cm³/mol. The van der Waals surface area contributed by atoms with Gasteiger partial charge >= 0.3 is 5.97 Å². The minimum atomic E-state index is -1.03. The number of ether oxygens (including phenoxy) is 1. The van der Waals surface area contributed by atoms with Gasteiger partial charge in [-0.05, 0) is 19.1 Å². The van der Waals surface area contributed by atoms with Crippen molar-refractivity contribution in [3.8, 4) is 0 Å². The third-order valence-corrected chi connectivity index (χ3v) is 2.53. The lowest BCUT2D eigenvalue weighted by Gasteiger charge is -2.14. The standard InChI is InChI=1S/C11H12ClF2NO2/c1-2-17-9(16)5-8(15)10-6(13)3-4-7(14)11(10)12/h3-4,8H,2,5,15H2,1H3/t8-/m0/s1. The van der Waals surface area contributed by atoms with Crippen LogP contribution in [0.15, 0.2) is 12.1 Å². The Kier molecular flexibility index (Phi) is 4.84. The van der Waals surface area contributed by atoms with Gasteiger partial charge in [0, 0.05) is 11.6 Å². The SMILES string of the molecule is CCOC(=O)C[C@H](N)c1c(F)ccc(F)c1Cl. The van der Waals surface area contributed by atoms with Gasteiger partial charge in [0.2, 0.25) is 0 Å². The molecule has 1 aromatic carbocycles. The number of hydrogen-bond acceptors (Lipinski definition) is 3. The fourth-order valence-electron chi connectivity index (χ4n) is 1.38. The van der Waals surface area contributed by atoms with Crippen LogP contribution in [0.1, 0.15) is 24.9 Å². The molecule has 0 fully saturated rings. The van der Waals surface area contributed by atoms with Crippen molar-refractivity contribution in [2.45, 2.75) is 19.4 Å². The Bertz CT molecular complexity index is 426. The highest BCUT2D eigenvalue weighted by Gasteiger charge is 2.21. The molecule has 0 bridgehead atoms. The highest BCUT2D eigenvalue weighted by molar-refractivity contribution is 6.31. The molecule has 1 rings (SSSR count). The minimum Gasteiger partial charge on any atom is -0.466 e.